The van der Waals surface area contributed by atoms with Gasteiger partial charge in [-0.05, 0) is 41.0 Å². The van der Waals surface area contributed by atoms with Gasteiger partial charge in [-0.25, -0.2) is 0 Å². The molecule has 16 heavy (non-hydrogen) atoms. The van der Waals surface area contributed by atoms with Crippen molar-refractivity contribution in [2.75, 3.05) is 19.6 Å². The minimum Gasteiger partial charge on any atom is -0.444 e. The maximum atomic E-state index is 12.1. The van der Waals surface area contributed by atoms with E-state index in [1.54, 1.807) is 12.1 Å². The number of rotatable bonds is 1. The van der Waals surface area contributed by atoms with Crippen molar-refractivity contribution >= 4 is 21.8 Å². The van der Waals surface area contributed by atoms with Crippen molar-refractivity contribution in [3.05, 3.63) is 22.6 Å². The number of nitrogens with one attached hydrogen (secondary N) is 1. The van der Waals surface area contributed by atoms with E-state index in [9.17, 15) is 4.79 Å². The number of amides is 1. The molecule has 3 heterocycles. The van der Waals surface area contributed by atoms with Gasteiger partial charge in [-0.3, -0.25) is 4.79 Å². The van der Waals surface area contributed by atoms with E-state index in [4.69, 9.17) is 4.42 Å². The van der Waals surface area contributed by atoms with E-state index in [2.05, 4.69) is 21.2 Å². The third kappa shape index (κ3) is 1.58. The van der Waals surface area contributed by atoms with E-state index in [0.717, 1.165) is 26.1 Å². The number of nitrogens with zero attached hydrogens (tertiary/aromatic N) is 1. The van der Waals surface area contributed by atoms with Crippen molar-refractivity contribution in [3.8, 4) is 0 Å². The molecule has 0 aromatic carbocycles. The molecule has 0 radical (unpaired) electrons. The van der Waals surface area contributed by atoms with Crippen LogP contribution in [-0.2, 0) is 0 Å². The molecule has 2 aliphatic rings. The van der Waals surface area contributed by atoms with Gasteiger partial charge in [-0.1, -0.05) is 0 Å². The van der Waals surface area contributed by atoms with Gasteiger partial charge in [0.25, 0.3) is 5.91 Å². The number of fused-ring (bicyclic) bond motifs is 1. The van der Waals surface area contributed by atoms with Crippen LogP contribution in [-0.4, -0.2) is 36.5 Å². The summed E-state index contributed by atoms with van der Waals surface area (Å²) in [6.45, 7) is 2.90. The molecule has 3 rings (SSSR count). The van der Waals surface area contributed by atoms with Crippen LogP contribution >= 0.6 is 15.9 Å². The van der Waals surface area contributed by atoms with Crippen molar-refractivity contribution in [2.45, 2.75) is 12.5 Å². The van der Waals surface area contributed by atoms with Crippen LogP contribution in [0, 0.1) is 5.92 Å². The topological polar surface area (TPSA) is 45.5 Å². The second-order valence-electron chi connectivity index (χ2n) is 4.38. The zero-order valence-corrected chi connectivity index (χ0v) is 10.4. The highest BCUT2D eigenvalue weighted by Gasteiger charge is 2.43. The first-order valence-corrected chi connectivity index (χ1v) is 6.32. The second kappa shape index (κ2) is 3.89. The van der Waals surface area contributed by atoms with Crippen LogP contribution < -0.4 is 5.32 Å². The van der Waals surface area contributed by atoms with Crippen LogP contribution in [0.2, 0.25) is 0 Å². The van der Waals surface area contributed by atoms with E-state index in [-0.39, 0.29) is 5.91 Å². The average molecular weight is 285 g/mol. The van der Waals surface area contributed by atoms with E-state index in [0.29, 0.717) is 22.4 Å². The molecule has 1 N–H and O–H groups in total. The predicted molar refractivity (Wildman–Crippen MR) is 62.2 cm³/mol. The van der Waals surface area contributed by atoms with Gasteiger partial charge in [-0.2, -0.15) is 0 Å². The SMILES string of the molecule is O=C(c1ccc(Br)o1)N1CC2CNCCC21. The first-order valence-electron chi connectivity index (χ1n) is 5.53. The average Bonchev–Trinajstić information content (AvgIpc) is 2.67. The molecule has 1 aromatic rings. The lowest BCUT2D eigenvalue weighted by Gasteiger charge is -2.50. The Morgan fingerprint density at radius 3 is 3.12 bits per heavy atom. The Morgan fingerprint density at radius 2 is 2.44 bits per heavy atom. The summed E-state index contributed by atoms with van der Waals surface area (Å²) in [6, 6.07) is 3.89. The van der Waals surface area contributed by atoms with Gasteiger partial charge in [0.1, 0.15) is 0 Å². The highest BCUT2D eigenvalue weighted by Crippen LogP contribution is 2.31. The number of piperidine rings is 1. The minimum absolute atomic E-state index is 0.0221. The number of halogens is 1. The summed E-state index contributed by atoms with van der Waals surface area (Å²) in [5.74, 6) is 1.09. The summed E-state index contributed by atoms with van der Waals surface area (Å²) in [5, 5.41) is 3.35. The Kier molecular flexibility index (Phi) is 2.52. The van der Waals surface area contributed by atoms with E-state index >= 15 is 0 Å². The van der Waals surface area contributed by atoms with Crippen molar-refractivity contribution in [2.24, 2.45) is 5.92 Å². The van der Waals surface area contributed by atoms with Crippen molar-refractivity contribution < 1.29 is 9.21 Å². The molecule has 2 unspecified atom stereocenters. The maximum absolute atomic E-state index is 12.1. The summed E-state index contributed by atoms with van der Waals surface area (Å²) in [5.41, 5.74) is 0. The molecule has 0 saturated carbocycles. The Bertz CT molecular complexity index is 418. The summed E-state index contributed by atoms with van der Waals surface area (Å²) in [7, 11) is 0. The first-order chi connectivity index (χ1) is 7.75. The van der Waals surface area contributed by atoms with Crippen LogP contribution in [0.3, 0.4) is 0 Å². The van der Waals surface area contributed by atoms with Gasteiger partial charge in [-0.15, -0.1) is 0 Å². The smallest absolute Gasteiger partial charge is 0.289 e. The number of carbonyl (C=O) groups excluding carboxylic acids is 1. The van der Waals surface area contributed by atoms with Gasteiger partial charge in [0.2, 0.25) is 0 Å². The van der Waals surface area contributed by atoms with Crippen LogP contribution in [0.15, 0.2) is 21.2 Å². The van der Waals surface area contributed by atoms with E-state index in [1.165, 1.54) is 0 Å². The maximum Gasteiger partial charge on any atom is 0.289 e. The third-order valence-electron chi connectivity index (χ3n) is 3.44. The third-order valence-corrected chi connectivity index (χ3v) is 3.87. The molecule has 86 valence electrons. The zero-order chi connectivity index (χ0) is 11.1. The van der Waals surface area contributed by atoms with Crippen molar-refractivity contribution in [3.63, 3.8) is 0 Å². The summed E-state index contributed by atoms with van der Waals surface area (Å²) < 4.78 is 5.90. The van der Waals surface area contributed by atoms with Crippen LogP contribution in [0.5, 0.6) is 0 Å². The molecule has 2 atom stereocenters. The fourth-order valence-corrected chi connectivity index (χ4v) is 2.87. The zero-order valence-electron chi connectivity index (χ0n) is 8.78. The van der Waals surface area contributed by atoms with E-state index in [1.807, 2.05) is 4.90 Å². The molecule has 4 nitrogen and oxygen atoms in total. The summed E-state index contributed by atoms with van der Waals surface area (Å²) in [6.07, 6.45) is 1.05. The summed E-state index contributed by atoms with van der Waals surface area (Å²) in [4.78, 5) is 14.0. The molecule has 2 aliphatic heterocycles. The van der Waals surface area contributed by atoms with Gasteiger partial charge in [0, 0.05) is 25.0 Å². The Morgan fingerprint density at radius 1 is 1.56 bits per heavy atom. The number of hydrogen-bond acceptors (Lipinski definition) is 3. The fourth-order valence-electron chi connectivity index (χ4n) is 2.56. The normalized spacial score (nSPS) is 28.4. The Hall–Kier alpha value is -0.810. The largest absolute Gasteiger partial charge is 0.444 e. The van der Waals surface area contributed by atoms with E-state index < -0.39 is 0 Å². The predicted octanol–water partition coefficient (Wildman–Crippen LogP) is 1.48. The van der Waals surface area contributed by atoms with Gasteiger partial charge in [0.15, 0.2) is 10.4 Å². The van der Waals surface area contributed by atoms with Crippen molar-refractivity contribution in [1.29, 1.82) is 0 Å². The molecule has 1 amide bonds. The fraction of sp³-hybridized carbons (Fsp3) is 0.545. The summed E-state index contributed by atoms with van der Waals surface area (Å²) >= 11 is 3.21. The number of likely N-dealkylation sites (tertiary alicyclic amines) is 1. The lowest BCUT2D eigenvalue weighted by atomic mass is 9.83. The van der Waals surface area contributed by atoms with Gasteiger partial charge < -0.3 is 14.6 Å². The van der Waals surface area contributed by atoms with Crippen LogP contribution in [0.4, 0.5) is 0 Å². The first kappa shape index (κ1) is 10.4. The lowest BCUT2D eigenvalue weighted by molar-refractivity contribution is 0.00000758. The molecule has 0 bridgehead atoms. The molecule has 1 aromatic heterocycles. The monoisotopic (exact) mass is 284 g/mol. The molecule has 5 heteroatoms. The standard InChI is InChI=1S/C11H13BrN2O2/c12-10-2-1-9(16-10)11(15)14-6-7-5-13-4-3-8(7)14/h1-2,7-8,13H,3-6H2. The number of furan rings is 1. The molecular formula is C11H13BrN2O2. The Labute approximate surface area is 102 Å². The quantitative estimate of drug-likeness (QED) is 0.850. The lowest BCUT2D eigenvalue weighted by Crippen LogP contribution is -2.64. The highest BCUT2D eigenvalue weighted by atomic mass is 79.9. The van der Waals surface area contributed by atoms with Gasteiger partial charge in [0.05, 0.1) is 0 Å². The Balaban J connectivity index is 1.72. The highest BCUT2D eigenvalue weighted by molar-refractivity contribution is 9.10. The van der Waals surface area contributed by atoms with Crippen LogP contribution in [0.1, 0.15) is 17.0 Å². The van der Waals surface area contributed by atoms with Gasteiger partial charge >= 0.3 is 0 Å². The minimum atomic E-state index is 0.0221. The van der Waals surface area contributed by atoms with Crippen LogP contribution in [0.25, 0.3) is 0 Å². The molecule has 2 saturated heterocycles. The molecular weight excluding hydrogens is 272 g/mol. The second-order valence-corrected chi connectivity index (χ2v) is 5.16. The molecule has 0 aliphatic carbocycles. The number of hydrogen-bond donors (Lipinski definition) is 1. The van der Waals surface area contributed by atoms with Crippen molar-refractivity contribution in [1.82, 2.24) is 10.2 Å². The molecule has 2 fully saturated rings. The number of carbonyl (C=O) groups is 1. The molecule has 0 spiro atoms.